The van der Waals surface area contributed by atoms with Gasteiger partial charge in [-0.1, -0.05) is 47.7 Å². The van der Waals surface area contributed by atoms with Crippen LogP contribution in [-0.4, -0.2) is 31.8 Å². The van der Waals surface area contributed by atoms with E-state index in [-0.39, 0.29) is 10.8 Å². The van der Waals surface area contributed by atoms with Gasteiger partial charge in [0.2, 0.25) is 0 Å². The number of aromatic nitrogens is 1. The lowest BCUT2D eigenvalue weighted by atomic mass is 10.1. The van der Waals surface area contributed by atoms with Crippen LogP contribution in [-0.2, 0) is 16.4 Å². The number of benzene rings is 3. The Balaban J connectivity index is 1.79. The normalized spacial score (nSPS) is 11.5. The van der Waals surface area contributed by atoms with Crippen LogP contribution in [0.2, 0.25) is 0 Å². The first-order valence-corrected chi connectivity index (χ1v) is 13.4. The smallest absolute Gasteiger partial charge is 0.260 e. The second kappa shape index (κ2) is 8.82. The Morgan fingerprint density at radius 2 is 1.81 bits per heavy atom. The van der Waals surface area contributed by atoms with Crippen molar-refractivity contribution in [2.45, 2.75) is 16.3 Å². The van der Waals surface area contributed by atoms with Gasteiger partial charge in [-0.2, -0.15) is 0 Å². The van der Waals surface area contributed by atoms with Crippen LogP contribution in [0.4, 0.5) is 5.13 Å². The van der Waals surface area contributed by atoms with Gasteiger partial charge in [0.1, 0.15) is 0 Å². The van der Waals surface area contributed by atoms with Gasteiger partial charge in [0, 0.05) is 16.7 Å². The molecule has 0 radical (unpaired) electrons. The van der Waals surface area contributed by atoms with Crippen LogP contribution in [0.25, 0.3) is 10.2 Å². The molecule has 0 saturated carbocycles. The fourth-order valence-electron chi connectivity index (χ4n) is 3.14. The molecule has 0 aliphatic rings. The number of thioether (sulfide) groups is 1. The highest BCUT2D eigenvalue weighted by Crippen LogP contribution is 2.33. The average Bonchev–Trinajstić information content (AvgIpc) is 3.20. The fraction of sp³-hybridized carbons (Fsp3) is 0.130. The van der Waals surface area contributed by atoms with Gasteiger partial charge in [-0.3, -0.25) is 9.69 Å². The maximum atomic E-state index is 13.5. The van der Waals surface area contributed by atoms with Crippen LogP contribution in [0.3, 0.4) is 0 Å². The minimum Gasteiger partial charge on any atom is -0.279 e. The molecule has 0 unspecified atom stereocenters. The molecule has 31 heavy (non-hydrogen) atoms. The van der Waals surface area contributed by atoms with E-state index < -0.39 is 9.84 Å². The third-order valence-corrected chi connectivity index (χ3v) is 7.63. The largest absolute Gasteiger partial charge is 0.279 e. The third-order valence-electron chi connectivity index (χ3n) is 4.75. The first-order valence-electron chi connectivity index (χ1n) is 9.45. The van der Waals surface area contributed by atoms with E-state index in [1.807, 2.05) is 48.7 Å². The van der Waals surface area contributed by atoms with Gasteiger partial charge >= 0.3 is 0 Å². The number of hydrogen-bond acceptors (Lipinski definition) is 6. The zero-order valence-corrected chi connectivity index (χ0v) is 19.4. The van der Waals surface area contributed by atoms with Crippen LogP contribution >= 0.6 is 23.1 Å². The Morgan fingerprint density at radius 1 is 1.03 bits per heavy atom. The van der Waals surface area contributed by atoms with Gasteiger partial charge in [-0.15, -0.1) is 11.8 Å². The molecule has 1 aromatic heterocycles. The van der Waals surface area contributed by atoms with Crippen LogP contribution in [0, 0.1) is 0 Å². The molecule has 0 fully saturated rings. The van der Waals surface area contributed by atoms with Gasteiger partial charge < -0.3 is 0 Å². The Kier molecular flexibility index (Phi) is 6.13. The van der Waals surface area contributed by atoms with E-state index in [0.29, 0.717) is 17.2 Å². The number of carbonyl (C=O) groups is 1. The molecule has 0 N–H and O–H groups in total. The van der Waals surface area contributed by atoms with E-state index in [0.717, 1.165) is 26.9 Å². The molecule has 4 rings (SSSR count). The second-order valence-electron chi connectivity index (χ2n) is 7.01. The van der Waals surface area contributed by atoms with Crippen LogP contribution < -0.4 is 4.90 Å². The number of sulfone groups is 1. The number of rotatable bonds is 6. The third kappa shape index (κ3) is 4.81. The van der Waals surface area contributed by atoms with E-state index in [4.69, 9.17) is 4.98 Å². The summed E-state index contributed by atoms with van der Waals surface area (Å²) in [6, 6.07) is 21.8. The molecule has 158 valence electrons. The van der Waals surface area contributed by atoms with Crippen LogP contribution in [0.15, 0.2) is 82.6 Å². The zero-order chi connectivity index (χ0) is 22.0. The molecule has 3 aromatic carbocycles. The van der Waals surface area contributed by atoms with E-state index in [9.17, 15) is 13.2 Å². The fourth-order valence-corrected chi connectivity index (χ4v) is 5.33. The Labute approximate surface area is 189 Å². The highest BCUT2D eigenvalue weighted by Gasteiger charge is 2.23. The second-order valence-corrected chi connectivity index (χ2v) is 10.9. The first-order chi connectivity index (χ1) is 14.8. The minimum absolute atomic E-state index is 0.118. The molecule has 0 bridgehead atoms. The number of anilines is 1. The number of fused-ring (bicyclic) bond motifs is 1. The van der Waals surface area contributed by atoms with Crippen molar-refractivity contribution in [1.29, 1.82) is 0 Å². The zero-order valence-electron chi connectivity index (χ0n) is 17.0. The maximum Gasteiger partial charge on any atom is 0.260 e. The Bertz CT molecular complexity index is 1350. The van der Waals surface area contributed by atoms with Crippen molar-refractivity contribution in [2.24, 2.45) is 0 Å². The topological polar surface area (TPSA) is 67.3 Å². The molecule has 1 heterocycles. The maximum absolute atomic E-state index is 13.5. The summed E-state index contributed by atoms with van der Waals surface area (Å²) in [4.78, 5) is 21.1. The van der Waals surface area contributed by atoms with E-state index in [1.54, 1.807) is 28.8 Å². The summed E-state index contributed by atoms with van der Waals surface area (Å²) >= 11 is 3.10. The monoisotopic (exact) mass is 468 g/mol. The van der Waals surface area contributed by atoms with E-state index in [2.05, 4.69) is 6.07 Å². The summed E-state index contributed by atoms with van der Waals surface area (Å²) in [5.74, 6) is -0.293. The average molecular weight is 469 g/mol. The predicted molar refractivity (Wildman–Crippen MR) is 128 cm³/mol. The standard InChI is InChI=1S/C23H20N2O3S3/c1-29-18-11-12-20-21(14-18)30-23(24-20)25(15-16-7-4-3-5-8-16)22(26)17-9-6-10-19(13-17)31(2,27)28/h3-14H,15H2,1-2H3. The quantitative estimate of drug-likeness (QED) is 0.361. The van der Waals surface area contributed by atoms with Crippen LogP contribution in [0.5, 0.6) is 0 Å². The van der Waals surface area contributed by atoms with E-state index >= 15 is 0 Å². The van der Waals surface area contributed by atoms with Gasteiger partial charge in [-0.25, -0.2) is 13.4 Å². The number of thiazole rings is 1. The molecule has 8 heteroatoms. The number of amides is 1. The molecule has 5 nitrogen and oxygen atoms in total. The number of nitrogens with zero attached hydrogens (tertiary/aromatic N) is 2. The van der Waals surface area contributed by atoms with Crippen molar-refractivity contribution in [3.63, 3.8) is 0 Å². The van der Waals surface area contributed by atoms with Crippen LogP contribution in [0.1, 0.15) is 15.9 Å². The Hall–Kier alpha value is -2.68. The number of hydrogen-bond donors (Lipinski definition) is 0. The molecular weight excluding hydrogens is 448 g/mol. The molecule has 1 amide bonds. The molecule has 0 aliphatic carbocycles. The highest BCUT2D eigenvalue weighted by molar-refractivity contribution is 7.98. The SMILES string of the molecule is CSc1ccc2nc(N(Cc3ccccc3)C(=O)c3cccc(S(C)(=O)=O)c3)sc2c1. The van der Waals surface area contributed by atoms with Gasteiger partial charge in [0.25, 0.3) is 5.91 Å². The summed E-state index contributed by atoms with van der Waals surface area (Å²) in [5.41, 5.74) is 2.09. The lowest BCUT2D eigenvalue weighted by Gasteiger charge is -2.20. The van der Waals surface area contributed by atoms with E-state index in [1.165, 1.54) is 23.5 Å². The summed E-state index contributed by atoms with van der Waals surface area (Å²) in [7, 11) is -3.42. The highest BCUT2D eigenvalue weighted by atomic mass is 32.2. The molecule has 4 aromatic rings. The summed E-state index contributed by atoms with van der Waals surface area (Å²) in [6.07, 6.45) is 3.15. The molecule has 0 spiro atoms. The molecule has 0 saturated heterocycles. The first kappa shape index (κ1) is 21.5. The lowest BCUT2D eigenvalue weighted by molar-refractivity contribution is 0.0985. The summed E-state index contributed by atoms with van der Waals surface area (Å²) < 4.78 is 25.0. The van der Waals surface area contributed by atoms with Crippen molar-refractivity contribution in [2.75, 3.05) is 17.4 Å². The minimum atomic E-state index is -3.42. The molecular formula is C23H20N2O3S3. The summed E-state index contributed by atoms with van der Waals surface area (Å²) in [5, 5.41) is 0.576. The summed E-state index contributed by atoms with van der Waals surface area (Å²) in [6.45, 7) is 0.331. The molecule has 0 aliphatic heterocycles. The van der Waals surface area contributed by atoms with Gasteiger partial charge in [0.15, 0.2) is 15.0 Å². The Morgan fingerprint density at radius 3 is 2.52 bits per heavy atom. The van der Waals surface area contributed by atoms with Gasteiger partial charge in [0.05, 0.1) is 21.7 Å². The van der Waals surface area contributed by atoms with Gasteiger partial charge in [-0.05, 0) is 48.2 Å². The molecule has 0 atom stereocenters. The van der Waals surface area contributed by atoms with Crippen molar-refractivity contribution >= 4 is 54.2 Å². The van der Waals surface area contributed by atoms with Crippen molar-refractivity contribution < 1.29 is 13.2 Å². The van der Waals surface area contributed by atoms with Crippen molar-refractivity contribution in [3.8, 4) is 0 Å². The van der Waals surface area contributed by atoms with Crippen molar-refractivity contribution in [1.82, 2.24) is 4.98 Å². The number of carbonyl (C=O) groups excluding carboxylic acids is 1. The predicted octanol–water partition coefficient (Wildman–Crippen LogP) is 5.27. The lowest BCUT2D eigenvalue weighted by Crippen LogP contribution is -2.30. The van der Waals surface area contributed by atoms with Crippen molar-refractivity contribution in [3.05, 3.63) is 83.9 Å².